The fourth-order valence-corrected chi connectivity index (χ4v) is 3.12. The van der Waals surface area contributed by atoms with Crippen molar-refractivity contribution >= 4 is 6.03 Å². The molecule has 4 N–H and O–H groups in total. The number of hydrogen-bond acceptors (Lipinski definition) is 4. The van der Waals surface area contributed by atoms with E-state index >= 15 is 0 Å². The van der Waals surface area contributed by atoms with Gasteiger partial charge in [0.1, 0.15) is 18.1 Å². The quantitative estimate of drug-likeness (QED) is 0.197. The molecule has 2 amide bonds. The Hall–Kier alpha value is -1.95. The van der Waals surface area contributed by atoms with E-state index < -0.39 is 0 Å². The van der Waals surface area contributed by atoms with Crippen molar-refractivity contribution < 1.29 is 14.6 Å². The summed E-state index contributed by atoms with van der Waals surface area (Å²) in [6.07, 6.45) is 15.8. The molecule has 0 saturated heterocycles. The summed E-state index contributed by atoms with van der Waals surface area (Å²) in [7, 11) is 0. The van der Waals surface area contributed by atoms with Gasteiger partial charge in [-0.2, -0.15) is 0 Å². The van der Waals surface area contributed by atoms with Gasteiger partial charge in [-0.25, -0.2) is 10.2 Å². The van der Waals surface area contributed by atoms with E-state index in [1.807, 2.05) is 0 Å². The van der Waals surface area contributed by atoms with E-state index in [-0.39, 0.29) is 11.8 Å². The van der Waals surface area contributed by atoms with Crippen LogP contribution in [0.2, 0.25) is 0 Å². The maximum absolute atomic E-state index is 11.7. The van der Waals surface area contributed by atoms with Gasteiger partial charge in [-0.05, 0) is 30.7 Å². The molecular formula is C23H41N3O3. The normalized spacial score (nSPS) is 10.7. The number of hydrogen-bond donors (Lipinski definition) is 4. The lowest BCUT2D eigenvalue weighted by Crippen LogP contribution is -2.45. The maximum atomic E-state index is 11.7. The number of amides is 2. The largest absolute Gasteiger partial charge is 0.508 e. The molecule has 0 heterocycles. The third-order valence-electron chi connectivity index (χ3n) is 4.85. The van der Waals surface area contributed by atoms with Gasteiger partial charge in [0.2, 0.25) is 0 Å². The highest BCUT2D eigenvalue weighted by atomic mass is 16.5. The molecule has 0 saturated carbocycles. The molecular weight excluding hydrogens is 366 g/mol. The Morgan fingerprint density at radius 2 is 1.38 bits per heavy atom. The van der Waals surface area contributed by atoms with Gasteiger partial charge in [0, 0.05) is 13.1 Å². The molecule has 1 aromatic rings. The molecule has 6 heteroatoms. The molecule has 0 aliphatic carbocycles. The molecule has 0 aromatic heterocycles. The number of aromatic hydroxyl groups is 1. The topological polar surface area (TPSA) is 82.6 Å². The van der Waals surface area contributed by atoms with Gasteiger partial charge in [-0.15, -0.1) is 0 Å². The Labute approximate surface area is 176 Å². The highest BCUT2D eigenvalue weighted by Crippen LogP contribution is 2.15. The van der Waals surface area contributed by atoms with Gasteiger partial charge < -0.3 is 15.2 Å². The summed E-state index contributed by atoms with van der Waals surface area (Å²) >= 11 is 0. The molecule has 0 radical (unpaired) electrons. The first-order chi connectivity index (χ1) is 14.2. The zero-order valence-corrected chi connectivity index (χ0v) is 18.2. The minimum atomic E-state index is -0.210. The van der Waals surface area contributed by atoms with Crippen molar-refractivity contribution in [3.63, 3.8) is 0 Å². The number of urea groups is 1. The summed E-state index contributed by atoms with van der Waals surface area (Å²) in [6, 6.07) is 6.33. The average molecular weight is 408 g/mol. The van der Waals surface area contributed by atoms with Crippen molar-refractivity contribution in [1.29, 1.82) is 0 Å². The molecule has 0 aliphatic heterocycles. The summed E-state index contributed by atoms with van der Waals surface area (Å²) in [5.41, 5.74) is 5.43. The number of carbonyl (C=O) groups excluding carboxylic acids is 1. The smallest absolute Gasteiger partial charge is 0.329 e. The Morgan fingerprint density at radius 3 is 1.97 bits per heavy atom. The monoisotopic (exact) mass is 407 g/mol. The van der Waals surface area contributed by atoms with Crippen LogP contribution in [0.1, 0.15) is 84.0 Å². The first kappa shape index (κ1) is 25.1. The first-order valence-electron chi connectivity index (χ1n) is 11.4. The zero-order valence-electron chi connectivity index (χ0n) is 18.2. The lowest BCUT2D eigenvalue weighted by molar-refractivity contribution is 0.233. The molecule has 1 aromatic carbocycles. The van der Waals surface area contributed by atoms with E-state index in [2.05, 4.69) is 23.1 Å². The van der Waals surface area contributed by atoms with Crippen LogP contribution in [0, 0.1) is 0 Å². The summed E-state index contributed by atoms with van der Waals surface area (Å²) < 4.78 is 5.48. The van der Waals surface area contributed by atoms with E-state index in [1.165, 1.54) is 70.6 Å². The van der Waals surface area contributed by atoms with Crippen LogP contribution in [0.5, 0.6) is 11.5 Å². The molecule has 166 valence electrons. The average Bonchev–Trinajstić information content (AvgIpc) is 2.72. The fourth-order valence-electron chi connectivity index (χ4n) is 3.12. The van der Waals surface area contributed by atoms with Gasteiger partial charge in [-0.1, -0.05) is 77.6 Å². The standard InChI is InChI=1S/C23H41N3O3/c1-2-3-4-5-6-7-8-9-10-11-12-13-18-24-23(28)26-25-19-20-29-22-16-14-21(27)15-17-22/h14-17,25,27H,2-13,18-20H2,1H3,(H2,24,26,28). The molecule has 1 rings (SSSR count). The van der Waals surface area contributed by atoms with Crippen molar-refractivity contribution in [1.82, 2.24) is 16.2 Å². The highest BCUT2D eigenvalue weighted by Gasteiger charge is 1.99. The van der Waals surface area contributed by atoms with E-state index in [4.69, 9.17) is 4.74 Å². The van der Waals surface area contributed by atoms with Gasteiger partial charge >= 0.3 is 6.03 Å². The van der Waals surface area contributed by atoms with Crippen LogP contribution in [-0.4, -0.2) is 30.8 Å². The number of nitrogens with one attached hydrogen (secondary N) is 3. The second-order valence-corrected chi connectivity index (χ2v) is 7.54. The van der Waals surface area contributed by atoms with E-state index in [1.54, 1.807) is 24.3 Å². The zero-order chi connectivity index (χ0) is 21.0. The second kappa shape index (κ2) is 18.1. The fraction of sp³-hybridized carbons (Fsp3) is 0.696. The number of ether oxygens (including phenoxy) is 1. The van der Waals surface area contributed by atoms with Crippen molar-refractivity contribution in [2.45, 2.75) is 84.0 Å². The SMILES string of the molecule is CCCCCCCCCCCCCCNC(=O)NNCCOc1ccc(O)cc1. The summed E-state index contributed by atoms with van der Waals surface area (Å²) in [4.78, 5) is 11.7. The number of unbranched alkanes of at least 4 members (excludes halogenated alkanes) is 11. The minimum Gasteiger partial charge on any atom is -0.508 e. The Morgan fingerprint density at radius 1 is 0.828 bits per heavy atom. The number of rotatable bonds is 18. The van der Waals surface area contributed by atoms with Crippen LogP contribution >= 0.6 is 0 Å². The molecule has 0 unspecified atom stereocenters. The molecule has 29 heavy (non-hydrogen) atoms. The summed E-state index contributed by atoms with van der Waals surface area (Å²) in [6.45, 7) is 3.88. The lowest BCUT2D eigenvalue weighted by Gasteiger charge is -2.10. The van der Waals surface area contributed by atoms with Crippen LogP contribution in [-0.2, 0) is 0 Å². The number of phenols is 1. The summed E-state index contributed by atoms with van der Waals surface area (Å²) in [5, 5.41) is 12.0. The van der Waals surface area contributed by atoms with Gasteiger partial charge in [0.15, 0.2) is 0 Å². The van der Waals surface area contributed by atoms with Crippen molar-refractivity contribution in [2.75, 3.05) is 19.7 Å². The number of benzene rings is 1. The number of carbonyl (C=O) groups is 1. The van der Waals surface area contributed by atoms with Gasteiger partial charge in [-0.3, -0.25) is 5.43 Å². The predicted octanol–water partition coefficient (Wildman–Crippen LogP) is 5.28. The Balaban J connectivity index is 1.79. The Kier molecular flexibility index (Phi) is 15.7. The third kappa shape index (κ3) is 15.6. The minimum absolute atomic E-state index is 0.210. The maximum Gasteiger partial charge on any atom is 0.329 e. The lowest BCUT2D eigenvalue weighted by atomic mass is 10.1. The van der Waals surface area contributed by atoms with Crippen molar-refractivity contribution in [3.05, 3.63) is 24.3 Å². The van der Waals surface area contributed by atoms with Crippen LogP contribution < -0.4 is 20.9 Å². The molecule has 0 spiro atoms. The number of hydrazine groups is 1. The van der Waals surface area contributed by atoms with Gasteiger partial charge in [0.05, 0.1) is 0 Å². The molecule has 0 bridgehead atoms. The highest BCUT2D eigenvalue weighted by molar-refractivity contribution is 5.73. The van der Waals surface area contributed by atoms with Gasteiger partial charge in [0.25, 0.3) is 0 Å². The first-order valence-corrected chi connectivity index (χ1v) is 11.4. The van der Waals surface area contributed by atoms with Crippen LogP contribution in [0.15, 0.2) is 24.3 Å². The van der Waals surface area contributed by atoms with E-state index in [0.717, 1.165) is 6.42 Å². The summed E-state index contributed by atoms with van der Waals surface area (Å²) in [5.74, 6) is 0.892. The Bertz CT molecular complexity index is 509. The third-order valence-corrected chi connectivity index (χ3v) is 4.85. The molecule has 6 nitrogen and oxygen atoms in total. The van der Waals surface area contributed by atoms with Crippen LogP contribution in [0.4, 0.5) is 4.79 Å². The van der Waals surface area contributed by atoms with Crippen LogP contribution in [0.3, 0.4) is 0 Å². The molecule has 0 atom stereocenters. The van der Waals surface area contributed by atoms with E-state index in [9.17, 15) is 9.90 Å². The number of phenolic OH excluding ortho intramolecular Hbond substituents is 1. The van der Waals surface area contributed by atoms with E-state index in [0.29, 0.717) is 25.4 Å². The van der Waals surface area contributed by atoms with Crippen LogP contribution in [0.25, 0.3) is 0 Å². The molecule has 0 fully saturated rings. The van der Waals surface area contributed by atoms with Crippen molar-refractivity contribution in [3.8, 4) is 11.5 Å². The predicted molar refractivity (Wildman–Crippen MR) is 119 cm³/mol. The van der Waals surface area contributed by atoms with Crippen molar-refractivity contribution in [2.24, 2.45) is 0 Å². The second-order valence-electron chi connectivity index (χ2n) is 7.54. The molecule has 0 aliphatic rings.